The summed E-state index contributed by atoms with van der Waals surface area (Å²) < 4.78 is 27.2. The van der Waals surface area contributed by atoms with E-state index >= 15 is 0 Å². The van der Waals surface area contributed by atoms with Crippen molar-refractivity contribution in [2.24, 2.45) is 0 Å². The van der Waals surface area contributed by atoms with Gasteiger partial charge in [-0.3, -0.25) is 4.79 Å². The van der Waals surface area contributed by atoms with Crippen LogP contribution >= 0.6 is 11.3 Å². The molecule has 5 nitrogen and oxygen atoms in total. The summed E-state index contributed by atoms with van der Waals surface area (Å²) >= 11 is 1.24. The fourth-order valence-electron chi connectivity index (χ4n) is 2.43. The van der Waals surface area contributed by atoms with E-state index < -0.39 is 16.1 Å². The number of carbonyl (C=O) groups is 1. The van der Waals surface area contributed by atoms with E-state index in [0.717, 1.165) is 37.0 Å². The fraction of sp³-hybridized carbons (Fsp3) is 0.643. The summed E-state index contributed by atoms with van der Waals surface area (Å²) in [6.45, 7) is 3.56. The molecule has 0 saturated heterocycles. The molecule has 0 spiro atoms. The molecule has 7 heteroatoms. The summed E-state index contributed by atoms with van der Waals surface area (Å²) in [5.74, 6) is -0.252. The second-order valence-corrected chi connectivity index (χ2v) is 8.52. The van der Waals surface area contributed by atoms with E-state index in [4.69, 9.17) is 0 Å². The predicted molar refractivity (Wildman–Crippen MR) is 83.9 cm³/mol. The van der Waals surface area contributed by atoms with Crippen molar-refractivity contribution in [3.8, 4) is 0 Å². The fourth-order valence-corrected chi connectivity index (χ4v) is 4.95. The second kappa shape index (κ2) is 6.89. The number of thiophene rings is 1. The molecule has 1 fully saturated rings. The summed E-state index contributed by atoms with van der Waals surface area (Å²) in [5.41, 5.74) is 0. The van der Waals surface area contributed by atoms with Crippen molar-refractivity contribution in [1.82, 2.24) is 10.0 Å². The molecule has 0 aliphatic heterocycles. The lowest BCUT2D eigenvalue weighted by Gasteiger charge is -2.17. The van der Waals surface area contributed by atoms with Crippen molar-refractivity contribution in [3.05, 3.63) is 17.0 Å². The smallest absolute Gasteiger partial charge is 0.250 e. The topological polar surface area (TPSA) is 75.3 Å². The molecule has 0 aromatic carbocycles. The minimum Gasteiger partial charge on any atom is -0.352 e. The van der Waals surface area contributed by atoms with Crippen molar-refractivity contribution < 1.29 is 13.2 Å². The second-order valence-electron chi connectivity index (χ2n) is 5.41. The third kappa shape index (κ3) is 4.28. The first kappa shape index (κ1) is 16.5. The summed E-state index contributed by atoms with van der Waals surface area (Å²) in [5, 5.41) is 2.91. The molecule has 0 radical (unpaired) electrons. The largest absolute Gasteiger partial charge is 0.352 e. The van der Waals surface area contributed by atoms with Crippen LogP contribution in [-0.4, -0.2) is 26.4 Å². The van der Waals surface area contributed by atoms with Crippen molar-refractivity contribution >= 4 is 27.3 Å². The summed E-state index contributed by atoms with van der Waals surface area (Å²) in [6.07, 6.45) is 5.02. The van der Waals surface area contributed by atoms with Gasteiger partial charge in [-0.15, -0.1) is 11.3 Å². The number of amides is 1. The number of hydrogen-bond donors (Lipinski definition) is 2. The zero-order chi connectivity index (χ0) is 15.5. The highest BCUT2D eigenvalue weighted by molar-refractivity contribution is 7.91. The van der Waals surface area contributed by atoms with E-state index in [1.54, 1.807) is 13.0 Å². The van der Waals surface area contributed by atoms with Gasteiger partial charge in [0, 0.05) is 10.9 Å². The minimum absolute atomic E-state index is 0.192. The number of carbonyl (C=O) groups excluding carboxylic acids is 1. The average molecular weight is 330 g/mol. The van der Waals surface area contributed by atoms with Crippen LogP contribution in [0.3, 0.4) is 0 Å². The molecular formula is C14H22N2O3S2. The van der Waals surface area contributed by atoms with Crippen LogP contribution in [0.15, 0.2) is 16.3 Å². The lowest BCUT2D eigenvalue weighted by atomic mass is 10.2. The highest BCUT2D eigenvalue weighted by Gasteiger charge is 2.25. The number of nitrogens with one attached hydrogen (secondary N) is 2. The van der Waals surface area contributed by atoms with E-state index in [2.05, 4.69) is 10.0 Å². The molecule has 2 N–H and O–H groups in total. The van der Waals surface area contributed by atoms with Crippen LogP contribution in [-0.2, 0) is 21.2 Å². The zero-order valence-electron chi connectivity index (χ0n) is 12.4. The highest BCUT2D eigenvalue weighted by atomic mass is 32.2. The Morgan fingerprint density at radius 3 is 2.62 bits per heavy atom. The summed E-state index contributed by atoms with van der Waals surface area (Å²) in [6, 6.07) is 2.83. The third-order valence-electron chi connectivity index (χ3n) is 3.68. The van der Waals surface area contributed by atoms with Gasteiger partial charge in [-0.2, -0.15) is 4.72 Å². The van der Waals surface area contributed by atoms with E-state index in [9.17, 15) is 13.2 Å². The normalized spacial score (nSPS) is 17.8. The van der Waals surface area contributed by atoms with E-state index in [0.29, 0.717) is 0 Å². The van der Waals surface area contributed by atoms with E-state index in [-0.39, 0.29) is 16.2 Å². The molecule has 1 aromatic rings. The van der Waals surface area contributed by atoms with Gasteiger partial charge in [-0.25, -0.2) is 8.42 Å². The average Bonchev–Trinajstić information content (AvgIpc) is 3.08. The van der Waals surface area contributed by atoms with Gasteiger partial charge < -0.3 is 5.32 Å². The molecule has 1 atom stereocenters. The highest BCUT2D eigenvalue weighted by Crippen LogP contribution is 2.22. The molecule has 118 valence electrons. The van der Waals surface area contributed by atoms with Crippen LogP contribution in [0.4, 0.5) is 0 Å². The molecule has 1 saturated carbocycles. The quantitative estimate of drug-likeness (QED) is 0.838. The molecule has 1 aliphatic carbocycles. The van der Waals surface area contributed by atoms with Crippen LogP contribution in [0.25, 0.3) is 0 Å². The van der Waals surface area contributed by atoms with Gasteiger partial charge in [0.05, 0.1) is 6.04 Å². The predicted octanol–water partition coefficient (Wildman–Crippen LogP) is 2.04. The summed E-state index contributed by atoms with van der Waals surface area (Å²) in [7, 11) is -3.62. The Hall–Kier alpha value is -0.920. The third-order valence-corrected chi connectivity index (χ3v) is 6.94. The van der Waals surface area contributed by atoms with Gasteiger partial charge in [-0.05, 0) is 38.3 Å². The Morgan fingerprint density at radius 1 is 1.38 bits per heavy atom. The van der Waals surface area contributed by atoms with Crippen molar-refractivity contribution in [2.45, 2.75) is 62.2 Å². The maximum atomic E-state index is 12.2. The molecule has 0 bridgehead atoms. The lowest BCUT2D eigenvalue weighted by molar-refractivity contribution is -0.123. The van der Waals surface area contributed by atoms with Gasteiger partial charge in [-0.1, -0.05) is 19.8 Å². The van der Waals surface area contributed by atoms with Gasteiger partial charge in [0.2, 0.25) is 5.91 Å². The van der Waals surface area contributed by atoms with Crippen LogP contribution in [0, 0.1) is 0 Å². The van der Waals surface area contributed by atoms with Crippen molar-refractivity contribution in [2.75, 3.05) is 0 Å². The first-order valence-corrected chi connectivity index (χ1v) is 9.63. The Balaban J connectivity index is 1.96. The SMILES string of the molecule is CCc1ccc(S(=O)(=O)NC(C)C(=O)NC2CCCC2)s1. The monoisotopic (exact) mass is 330 g/mol. The van der Waals surface area contributed by atoms with Crippen LogP contribution in [0.1, 0.15) is 44.4 Å². The standard InChI is InChI=1S/C14H22N2O3S2/c1-3-12-8-9-13(20-12)21(18,19)16-10(2)14(17)15-11-6-4-5-7-11/h8-11,16H,3-7H2,1-2H3,(H,15,17). The Labute approximate surface area is 130 Å². The molecule has 1 heterocycles. The number of hydrogen-bond acceptors (Lipinski definition) is 4. The summed E-state index contributed by atoms with van der Waals surface area (Å²) in [4.78, 5) is 13.0. The molecule has 2 rings (SSSR count). The van der Waals surface area contributed by atoms with Crippen LogP contribution in [0.2, 0.25) is 0 Å². The molecule has 21 heavy (non-hydrogen) atoms. The number of rotatable bonds is 6. The van der Waals surface area contributed by atoms with Gasteiger partial charge in [0.1, 0.15) is 4.21 Å². The Kier molecular flexibility index (Phi) is 5.40. The van der Waals surface area contributed by atoms with Gasteiger partial charge >= 0.3 is 0 Å². The van der Waals surface area contributed by atoms with Crippen LogP contribution < -0.4 is 10.0 Å². The van der Waals surface area contributed by atoms with E-state index in [1.807, 2.05) is 13.0 Å². The van der Waals surface area contributed by atoms with Crippen LogP contribution in [0.5, 0.6) is 0 Å². The van der Waals surface area contributed by atoms with Gasteiger partial charge in [0.15, 0.2) is 0 Å². The minimum atomic E-state index is -3.62. The Bertz CT molecular complexity index is 589. The first-order valence-electron chi connectivity index (χ1n) is 7.34. The zero-order valence-corrected chi connectivity index (χ0v) is 14.0. The van der Waals surface area contributed by atoms with Crippen molar-refractivity contribution in [3.63, 3.8) is 0 Å². The first-order chi connectivity index (χ1) is 9.92. The molecule has 1 unspecified atom stereocenters. The van der Waals surface area contributed by atoms with E-state index in [1.165, 1.54) is 11.3 Å². The van der Waals surface area contributed by atoms with Gasteiger partial charge in [0.25, 0.3) is 10.0 Å². The maximum absolute atomic E-state index is 12.2. The molecule has 1 amide bonds. The lowest BCUT2D eigenvalue weighted by Crippen LogP contribution is -2.47. The Morgan fingerprint density at radius 2 is 2.05 bits per heavy atom. The molecule has 1 aromatic heterocycles. The number of sulfonamides is 1. The number of aryl methyl sites for hydroxylation is 1. The molecule has 1 aliphatic rings. The maximum Gasteiger partial charge on any atom is 0.250 e. The molecular weight excluding hydrogens is 308 g/mol. The van der Waals surface area contributed by atoms with Crippen molar-refractivity contribution in [1.29, 1.82) is 0 Å².